The highest BCUT2D eigenvalue weighted by Gasteiger charge is 2.37. The third-order valence-electron chi connectivity index (χ3n) is 6.80. The molecule has 13 nitrogen and oxygen atoms in total. The van der Waals surface area contributed by atoms with Gasteiger partial charge in [-0.1, -0.05) is 12.1 Å². The lowest BCUT2D eigenvalue weighted by molar-refractivity contribution is -0.138. The SMILES string of the molecule is Cn1cnc(S(=O)(=O)Nc2cccc(C(c3c(O)cc(CCCNC(=O)CC[C@H](N)C(=O)O)oc3=O)C3CC3)c2)c1. The topological polar surface area (TPSA) is 207 Å². The molecular formula is C27H33N5O8S. The van der Waals surface area contributed by atoms with Crippen LogP contribution in [-0.2, 0) is 33.1 Å². The van der Waals surface area contributed by atoms with E-state index in [1.165, 1.54) is 23.2 Å². The smallest absolute Gasteiger partial charge is 0.343 e. The Morgan fingerprint density at radius 2 is 2.02 bits per heavy atom. The van der Waals surface area contributed by atoms with Crippen LogP contribution in [-0.4, -0.2) is 52.6 Å². The number of aromatic nitrogens is 2. The molecule has 0 spiro atoms. The number of nitrogens with zero attached hydrogens (tertiary/aromatic N) is 2. The number of aliphatic carboxylic acids is 1. The maximum atomic E-state index is 13.1. The van der Waals surface area contributed by atoms with Crippen molar-refractivity contribution in [2.45, 2.75) is 55.5 Å². The number of carbonyl (C=O) groups is 2. The summed E-state index contributed by atoms with van der Waals surface area (Å²) in [6.45, 7) is 0.263. The van der Waals surface area contributed by atoms with Crippen LogP contribution in [0.1, 0.15) is 54.9 Å². The van der Waals surface area contributed by atoms with E-state index >= 15 is 0 Å². The zero-order valence-electron chi connectivity index (χ0n) is 22.4. The maximum absolute atomic E-state index is 13.1. The van der Waals surface area contributed by atoms with Crippen molar-refractivity contribution in [2.75, 3.05) is 11.3 Å². The number of carboxylic acids is 1. The highest BCUT2D eigenvalue weighted by Crippen LogP contribution is 2.48. The molecule has 0 saturated heterocycles. The third-order valence-corrected chi connectivity index (χ3v) is 8.06. The fraction of sp³-hybridized carbons (Fsp3) is 0.407. The van der Waals surface area contributed by atoms with E-state index in [-0.39, 0.29) is 59.7 Å². The van der Waals surface area contributed by atoms with Crippen LogP contribution in [0.3, 0.4) is 0 Å². The number of nitrogens with one attached hydrogen (secondary N) is 2. The monoisotopic (exact) mass is 587 g/mol. The van der Waals surface area contributed by atoms with Gasteiger partial charge in [0.25, 0.3) is 10.0 Å². The molecule has 2 aromatic heterocycles. The minimum Gasteiger partial charge on any atom is -0.507 e. The number of benzene rings is 1. The summed E-state index contributed by atoms with van der Waals surface area (Å²) in [5, 5.41) is 22.2. The van der Waals surface area contributed by atoms with Gasteiger partial charge in [-0.25, -0.2) is 9.78 Å². The molecule has 6 N–H and O–H groups in total. The minimum atomic E-state index is -3.92. The summed E-state index contributed by atoms with van der Waals surface area (Å²) in [6.07, 6.45) is 5.14. The van der Waals surface area contributed by atoms with Crippen molar-refractivity contribution in [1.29, 1.82) is 0 Å². The Morgan fingerprint density at radius 1 is 1.27 bits per heavy atom. The van der Waals surface area contributed by atoms with E-state index in [1.807, 2.05) is 0 Å². The van der Waals surface area contributed by atoms with Gasteiger partial charge in [0, 0.05) is 50.3 Å². The molecule has 1 saturated carbocycles. The van der Waals surface area contributed by atoms with Crippen molar-refractivity contribution >= 4 is 27.6 Å². The fourth-order valence-electron chi connectivity index (χ4n) is 4.57. The number of rotatable bonds is 14. The third kappa shape index (κ3) is 7.73. The van der Waals surface area contributed by atoms with Crippen LogP contribution in [0, 0.1) is 5.92 Å². The van der Waals surface area contributed by atoms with Gasteiger partial charge < -0.3 is 30.2 Å². The lowest BCUT2D eigenvalue weighted by Crippen LogP contribution is -2.33. The molecule has 0 bridgehead atoms. The molecule has 2 atom stereocenters. The summed E-state index contributed by atoms with van der Waals surface area (Å²) in [5.74, 6) is -1.86. The van der Waals surface area contributed by atoms with Crippen LogP contribution >= 0.6 is 0 Å². The average Bonchev–Trinajstić information content (AvgIpc) is 3.64. The Morgan fingerprint density at radius 3 is 2.66 bits per heavy atom. The number of hydrogen-bond acceptors (Lipinski definition) is 9. The second-order valence-electron chi connectivity index (χ2n) is 10.2. The summed E-state index contributed by atoms with van der Waals surface area (Å²) in [5.41, 5.74) is 5.79. The molecule has 3 aromatic rings. The number of aryl methyl sites for hydroxylation is 2. The normalized spacial score (nSPS) is 14.8. The van der Waals surface area contributed by atoms with Gasteiger partial charge in [-0.15, -0.1) is 0 Å². The Balaban J connectivity index is 1.43. The molecule has 1 amide bonds. The molecule has 41 heavy (non-hydrogen) atoms. The van der Waals surface area contributed by atoms with Crippen LogP contribution < -0.4 is 21.4 Å². The van der Waals surface area contributed by atoms with E-state index in [4.69, 9.17) is 15.3 Å². The van der Waals surface area contributed by atoms with Gasteiger partial charge >= 0.3 is 11.6 Å². The predicted molar refractivity (Wildman–Crippen MR) is 148 cm³/mol. The summed E-state index contributed by atoms with van der Waals surface area (Å²) in [4.78, 5) is 39.6. The largest absolute Gasteiger partial charge is 0.507 e. The quantitative estimate of drug-likeness (QED) is 0.172. The first kappa shape index (κ1) is 29.8. The zero-order chi connectivity index (χ0) is 29.7. The lowest BCUT2D eigenvalue weighted by Gasteiger charge is -2.19. The van der Waals surface area contributed by atoms with Gasteiger partial charge in [0.15, 0.2) is 5.03 Å². The second-order valence-corrected chi connectivity index (χ2v) is 11.8. The van der Waals surface area contributed by atoms with Crippen molar-refractivity contribution in [2.24, 2.45) is 18.7 Å². The summed E-state index contributed by atoms with van der Waals surface area (Å²) < 4.78 is 35.1. The number of carbonyl (C=O) groups excluding carboxylic acids is 1. The van der Waals surface area contributed by atoms with Crippen LogP contribution in [0.15, 0.2) is 57.1 Å². The minimum absolute atomic E-state index is 0.0204. The van der Waals surface area contributed by atoms with Crippen LogP contribution in [0.2, 0.25) is 0 Å². The summed E-state index contributed by atoms with van der Waals surface area (Å²) in [6, 6.07) is 6.99. The number of anilines is 1. The number of aromatic hydroxyl groups is 1. The molecule has 0 aliphatic heterocycles. The van der Waals surface area contributed by atoms with E-state index in [9.17, 15) is 27.9 Å². The number of hydrogen-bond donors (Lipinski definition) is 5. The van der Waals surface area contributed by atoms with E-state index in [2.05, 4.69) is 15.0 Å². The molecule has 1 aliphatic carbocycles. The first-order valence-corrected chi connectivity index (χ1v) is 14.6. The van der Waals surface area contributed by atoms with Gasteiger partial charge in [-0.3, -0.25) is 14.3 Å². The molecule has 4 rings (SSSR count). The van der Waals surface area contributed by atoms with Crippen LogP contribution in [0.5, 0.6) is 5.75 Å². The highest BCUT2D eigenvalue weighted by atomic mass is 32.2. The number of nitrogens with two attached hydrogens (primary N) is 1. The Kier molecular flexibility index (Phi) is 9.13. The summed E-state index contributed by atoms with van der Waals surface area (Å²) in [7, 11) is -2.26. The van der Waals surface area contributed by atoms with E-state index < -0.39 is 33.6 Å². The van der Waals surface area contributed by atoms with E-state index in [0.717, 1.165) is 12.8 Å². The van der Waals surface area contributed by atoms with Crippen molar-refractivity contribution < 1.29 is 32.6 Å². The highest BCUT2D eigenvalue weighted by molar-refractivity contribution is 7.92. The van der Waals surface area contributed by atoms with Gasteiger partial charge in [0.05, 0.1) is 11.9 Å². The van der Waals surface area contributed by atoms with Crippen LogP contribution in [0.4, 0.5) is 5.69 Å². The maximum Gasteiger partial charge on any atom is 0.343 e. The second kappa shape index (κ2) is 12.6. The molecule has 1 fully saturated rings. The lowest BCUT2D eigenvalue weighted by atomic mass is 9.87. The van der Waals surface area contributed by atoms with Crippen molar-refractivity contribution in [3.05, 3.63) is 70.2 Å². The number of amides is 1. The van der Waals surface area contributed by atoms with Crippen molar-refractivity contribution in [1.82, 2.24) is 14.9 Å². The van der Waals surface area contributed by atoms with Gasteiger partial charge in [-0.2, -0.15) is 8.42 Å². The molecule has 14 heteroatoms. The molecule has 1 aromatic carbocycles. The average molecular weight is 588 g/mol. The first-order chi connectivity index (χ1) is 19.4. The van der Waals surface area contributed by atoms with E-state index in [1.54, 1.807) is 31.3 Å². The van der Waals surface area contributed by atoms with E-state index in [0.29, 0.717) is 17.7 Å². The fourth-order valence-corrected chi connectivity index (χ4v) is 5.60. The molecular weight excluding hydrogens is 554 g/mol. The molecule has 0 radical (unpaired) electrons. The first-order valence-electron chi connectivity index (χ1n) is 13.2. The Bertz CT molecular complexity index is 1580. The Labute approximate surface area is 236 Å². The molecule has 1 unspecified atom stereocenters. The Hall–Kier alpha value is -4.17. The van der Waals surface area contributed by atoms with Crippen LogP contribution in [0.25, 0.3) is 0 Å². The van der Waals surface area contributed by atoms with Gasteiger partial charge in [0.1, 0.15) is 17.6 Å². The standard InChI is InChI=1S/C27H33N5O8S/c1-32-14-23(30-15-32)41(38,39)31-18-5-2-4-17(12-18)24(16-7-8-16)25-21(33)13-19(40-27(25)37)6-3-11-29-22(34)10-9-20(28)26(35)36/h2,4-5,12-16,20,24,31,33H,3,6-11,28H2,1H3,(H,29,34)(H,35,36)/t20-,24?/m0/s1. The zero-order valence-corrected chi connectivity index (χ0v) is 23.3. The molecule has 1 aliphatic rings. The molecule has 220 valence electrons. The number of sulfonamides is 1. The van der Waals surface area contributed by atoms with Crippen molar-refractivity contribution in [3.63, 3.8) is 0 Å². The molecule has 2 heterocycles. The predicted octanol–water partition coefficient (Wildman–Crippen LogP) is 1.66. The summed E-state index contributed by atoms with van der Waals surface area (Å²) >= 11 is 0. The van der Waals surface area contributed by atoms with Gasteiger partial charge in [0.2, 0.25) is 5.91 Å². The van der Waals surface area contributed by atoms with Crippen molar-refractivity contribution in [3.8, 4) is 5.75 Å². The number of carboxylic acid groups (broad SMARTS) is 1. The van der Waals surface area contributed by atoms with Gasteiger partial charge in [-0.05, 0) is 49.3 Å². The number of imidazole rings is 1.